The smallest absolute Gasteiger partial charge is 0.222 e. The summed E-state index contributed by atoms with van der Waals surface area (Å²) in [6.45, 7) is 3.21. The molecular weight excluding hydrogens is 154 g/mol. The molecule has 2 N–H and O–H groups in total. The number of aromatic amines is 1. The molecule has 0 saturated carbocycles. The van der Waals surface area contributed by atoms with Crippen LogP contribution in [-0.2, 0) is 4.79 Å². The number of hydrogen-bond donors (Lipinski definition) is 2. The predicted molar refractivity (Wildman–Crippen MR) is 44.5 cm³/mol. The van der Waals surface area contributed by atoms with Crippen LogP contribution in [0.25, 0.3) is 0 Å². The molecule has 0 aliphatic heterocycles. The summed E-state index contributed by atoms with van der Waals surface area (Å²) < 4.78 is 0. The van der Waals surface area contributed by atoms with Crippen molar-refractivity contribution >= 4 is 11.7 Å². The van der Waals surface area contributed by atoms with Crippen molar-refractivity contribution in [3.05, 3.63) is 17.3 Å². The number of carbonyl (C=O) groups is 1. The summed E-state index contributed by atoms with van der Waals surface area (Å²) in [5, 5.41) is 11.2. The van der Waals surface area contributed by atoms with Gasteiger partial charge in [-0.25, -0.2) is 0 Å². The van der Waals surface area contributed by atoms with Crippen LogP contribution in [0.15, 0.2) is 6.20 Å². The van der Waals surface area contributed by atoms with Gasteiger partial charge in [0.25, 0.3) is 0 Å². The van der Waals surface area contributed by atoms with E-state index in [4.69, 9.17) is 5.26 Å². The zero-order valence-electron chi connectivity index (χ0n) is 6.93. The Hall–Kier alpha value is -1.76. The Kier molecular flexibility index (Phi) is 2.15. The van der Waals surface area contributed by atoms with Crippen LogP contribution in [0.4, 0.5) is 5.82 Å². The standard InChI is InChI=1S/C8H9N3O/c1-5-4-10-8(7(5)3-9)11-6(2)12/h4,10H,1-2H3,(H,11,12). The molecule has 12 heavy (non-hydrogen) atoms. The third kappa shape index (κ3) is 1.45. The van der Waals surface area contributed by atoms with E-state index < -0.39 is 0 Å². The molecule has 4 nitrogen and oxygen atoms in total. The molecule has 0 aliphatic carbocycles. The van der Waals surface area contributed by atoms with Crippen molar-refractivity contribution in [3.63, 3.8) is 0 Å². The number of H-pyrrole nitrogens is 1. The minimum atomic E-state index is -0.187. The molecule has 0 saturated heterocycles. The number of nitriles is 1. The van der Waals surface area contributed by atoms with Gasteiger partial charge in [0.2, 0.25) is 5.91 Å². The van der Waals surface area contributed by atoms with Gasteiger partial charge >= 0.3 is 0 Å². The highest BCUT2D eigenvalue weighted by Crippen LogP contribution is 2.16. The maximum absolute atomic E-state index is 10.7. The molecule has 0 aliphatic rings. The molecule has 0 fully saturated rings. The van der Waals surface area contributed by atoms with Crippen molar-refractivity contribution < 1.29 is 4.79 Å². The van der Waals surface area contributed by atoms with Gasteiger partial charge < -0.3 is 10.3 Å². The molecule has 0 spiro atoms. The molecule has 0 atom stereocenters. The maximum atomic E-state index is 10.7. The number of nitrogens with zero attached hydrogens (tertiary/aromatic N) is 1. The summed E-state index contributed by atoms with van der Waals surface area (Å²) in [4.78, 5) is 13.5. The van der Waals surface area contributed by atoms with Gasteiger partial charge in [0.05, 0.1) is 5.56 Å². The Morgan fingerprint density at radius 3 is 2.92 bits per heavy atom. The lowest BCUT2D eigenvalue weighted by atomic mass is 10.2. The molecule has 1 heterocycles. The van der Waals surface area contributed by atoms with E-state index in [1.165, 1.54) is 6.92 Å². The third-order valence-electron chi connectivity index (χ3n) is 1.49. The second-order valence-corrected chi connectivity index (χ2v) is 2.51. The molecule has 1 aromatic rings. The summed E-state index contributed by atoms with van der Waals surface area (Å²) in [6, 6.07) is 2.00. The Bertz CT molecular complexity index is 346. The Labute approximate surface area is 70.2 Å². The quantitative estimate of drug-likeness (QED) is 0.652. The SMILES string of the molecule is CC(=O)Nc1[nH]cc(C)c1C#N. The molecule has 0 unspecified atom stereocenters. The first kappa shape index (κ1) is 8.34. The van der Waals surface area contributed by atoms with Gasteiger partial charge in [0.1, 0.15) is 11.9 Å². The molecule has 1 rings (SSSR count). The minimum Gasteiger partial charge on any atom is -0.347 e. The monoisotopic (exact) mass is 163 g/mol. The van der Waals surface area contributed by atoms with Crippen molar-refractivity contribution in [3.8, 4) is 6.07 Å². The van der Waals surface area contributed by atoms with Crippen LogP contribution in [-0.4, -0.2) is 10.9 Å². The molecule has 0 radical (unpaired) electrons. The van der Waals surface area contributed by atoms with E-state index in [9.17, 15) is 4.79 Å². The van der Waals surface area contributed by atoms with Crippen LogP contribution in [0, 0.1) is 18.3 Å². The van der Waals surface area contributed by atoms with Gasteiger partial charge in [-0.3, -0.25) is 4.79 Å². The Balaban J connectivity index is 3.01. The van der Waals surface area contributed by atoms with Gasteiger partial charge in [-0.2, -0.15) is 5.26 Å². The fraction of sp³-hybridized carbons (Fsp3) is 0.250. The zero-order chi connectivity index (χ0) is 9.14. The molecule has 1 aromatic heterocycles. The molecule has 1 amide bonds. The van der Waals surface area contributed by atoms with E-state index in [-0.39, 0.29) is 5.91 Å². The van der Waals surface area contributed by atoms with E-state index in [0.29, 0.717) is 11.4 Å². The van der Waals surface area contributed by atoms with Gasteiger partial charge in [0, 0.05) is 13.1 Å². The van der Waals surface area contributed by atoms with E-state index in [1.54, 1.807) is 13.1 Å². The molecular formula is C8H9N3O. The van der Waals surface area contributed by atoms with Crippen molar-refractivity contribution in [1.29, 1.82) is 5.26 Å². The first-order valence-corrected chi connectivity index (χ1v) is 3.51. The molecule has 4 heteroatoms. The average Bonchev–Trinajstić information content (AvgIpc) is 2.30. The number of hydrogen-bond acceptors (Lipinski definition) is 2. The Morgan fingerprint density at radius 1 is 1.75 bits per heavy atom. The summed E-state index contributed by atoms with van der Waals surface area (Å²) in [6.07, 6.45) is 1.68. The van der Waals surface area contributed by atoms with Crippen LogP contribution in [0.5, 0.6) is 0 Å². The number of carbonyl (C=O) groups excluding carboxylic acids is 1. The number of anilines is 1. The van der Waals surface area contributed by atoms with Crippen molar-refractivity contribution in [2.24, 2.45) is 0 Å². The molecule has 62 valence electrons. The van der Waals surface area contributed by atoms with Crippen LogP contribution in [0.3, 0.4) is 0 Å². The van der Waals surface area contributed by atoms with Gasteiger partial charge in [-0.1, -0.05) is 0 Å². The van der Waals surface area contributed by atoms with E-state index in [2.05, 4.69) is 10.3 Å². The highest BCUT2D eigenvalue weighted by atomic mass is 16.1. The normalized spacial score (nSPS) is 9.08. The number of amides is 1. The van der Waals surface area contributed by atoms with Crippen LogP contribution >= 0.6 is 0 Å². The van der Waals surface area contributed by atoms with Crippen LogP contribution in [0.1, 0.15) is 18.1 Å². The zero-order valence-corrected chi connectivity index (χ0v) is 6.93. The predicted octanol–water partition coefficient (Wildman–Crippen LogP) is 1.15. The lowest BCUT2D eigenvalue weighted by molar-refractivity contribution is -0.114. The van der Waals surface area contributed by atoms with Gasteiger partial charge in [-0.15, -0.1) is 0 Å². The van der Waals surface area contributed by atoms with Crippen LogP contribution < -0.4 is 5.32 Å². The van der Waals surface area contributed by atoms with Crippen molar-refractivity contribution in [1.82, 2.24) is 4.98 Å². The maximum Gasteiger partial charge on any atom is 0.222 e. The lowest BCUT2D eigenvalue weighted by Gasteiger charge is -1.97. The first-order chi connectivity index (χ1) is 5.65. The third-order valence-corrected chi connectivity index (χ3v) is 1.49. The molecule has 0 aromatic carbocycles. The van der Waals surface area contributed by atoms with E-state index >= 15 is 0 Å². The second-order valence-electron chi connectivity index (χ2n) is 2.51. The minimum absolute atomic E-state index is 0.187. The van der Waals surface area contributed by atoms with Crippen LogP contribution in [0.2, 0.25) is 0 Å². The Morgan fingerprint density at radius 2 is 2.42 bits per heavy atom. The van der Waals surface area contributed by atoms with Gasteiger partial charge in [-0.05, 0) is 12.5 Å². The fourth-order valence-corrected chi connectivity index (χ4v) is 0.941. The number of aromatic nitrogens is 1. The number of aryl methyl sites for hydroxylation is 1. The fourth-order valence-electron chi connectivity index (χ4n) is 0.941. The lowest BCUT2D eigenvalue weighted by Crippen LogP contribution is -2.07. The first-order valence-electron chi connectivity index (χ1n) is 3.51. The number of rotatable bonds is 1. The number of nitrogens with one attached hydrogen (secondary N) is 2. The highest BCUT2D eigenvalue weighted by molar-refractivity contribution is 5.89. The summed E-state index contributed by atoms with van der Waals surface area (Å²) in [5.41, 5.74) is 1.33. The van der Waals surface area contributed by atoms with E-state index in [0.717, 1.165) is 5.56 Å². The largest absolute Gasteiger partial charge is 0.347 e. The summed E-state index contributed by atoms with van der Waals surface area (Å²) >= 11 is 0. The van der Waals surface area contributed by atoms with Crippen molar-refractivity contribution in [2.45, 2.75) is 13.8 Å². The van der Waals surface area contributed by atoms with Crippen molar-refractivity contribution in [2.75, 3.05) is 5.32 Å². The average molecular weight is 163 g/mol. The summed E-state index contributed by atoms with van der Waals surface area (Å²) in [7, 11) is 0. The summed E-state index contributed by atoms with van der Waals surface area (Å²) in [5.74, 6) is 0.288. The second kappa shape index (κ2) is 3.09. The molecule has 0 bridgehead atoms. The highest BCUT2D eigenvalue weighted by Gasteiger charge is 2.07. The van der Waals surface area contributed by atoms with E-state index in [1.807, 2.05) is 6.07 Å². The van der Waals surface area contributed by atoms with Gasteiger partial charge in [0.15, 0.2) is 0 Å². The topological polar surface area (TPSA) is 68.7 Å².